The molecule has 2 amide bonds. The molecule has 0 spiro atoms. The second-order valence-corrected chi connectivity index (χ2v) is 12.4. The Morgan fingerprint density at radius 2 is 1.50 bits per heavy atom. The van der Waals surface area contributed by atoms with Crippen molar-refractivity contribution in [1.29, 1.82) is 0 Å². The molecule has 4 fully saturated rings. The van der Waals surface area contributed by atoms with Crippen LogP contribution in [-0.2, 0) is 4.74 Å². The Hall–Kier alpha value is -3.04. The van der Waals surface area contributed by atoms with Crippen molar-refractivity contribution in [2.45, 2.75) is 51.0 Å². The number of nitrogens with one attached hydrogen (secondary N) is 1. The number of methoxy groups -OCH3 is 1. The van der Waals surface area contributed by atoms with Crippen LogP contribution in [0.25, 0.3) is 11.1 Å². The number of benzene rings is 1. The van der Waals surface area contributed by atoms with Crippen molar-refractivity contribution in [2.24, 2.45) is 5.92 Å². The van der Waals surface area contributed by atoms with Gasteiger partial charge in [0.2, 0.25) is 0 Å². The summed E-state index contributed by atoms with van der Waals surface area (Å²) in [6.07, 6.45) is 8.28. The van der Waals surface area contributed by atoms with Crippen molar-refractivity contribution < 1.29 is 14.3 Å². The molecule has 3 aliphatic heterocycles. The van der Waals surface area contributed by atoms with Crippen molar-refractivity contribution in [3.05, 3.63) is 36.4 Å². The summed E-state index contributed by atoms with van der Waals surface area (Å²) in [5.74, 6) is 3.76. The molecular formula is C33H48N6O3. The van der Waals surface area contributed by atoms with Gasteiger partial charge in [-0.3, -0.25) is 4.90 Å². The molecule has 1 N–H and O–H groups in total. The number of carbonyl (C=O) groups excluding carboxylic acids is 1. The fourth-order valence-corrected chi connectivity index (χ4v) is 6.92. The standard InChI is InChI=1S/C33H48N6O3/c1-41-30-10-6-27(7-11-30)28-24-31(35-32(25-28)38-20-22-42-23-21-38)37-18-16-36(17-19-37)15-12-26-4-8-29(9-5-26)34-33(40)39-13-2-3-14-39/h6-7,10-11,24-26,29H,2-5,8-9,12-23H2,1H3,(H,34,40)/t26-,29-. The molecule has 228 valence electrons. The van der Waals surface area contributed by atoms with Crippen LogP contribution in [0.5, 0.6) is 5.75 Å². The Labute approximate surface area is 251 Å². The minimum atomic E-state index is 0.162. The zero-order valence-corrected chi connectivity index (χ0v) is 25.3. The molecule has 4 aliphatic rings. The minimum absolute atomic E-state index is 0.162. The molecule has 1 aromatic heterocycles. The first-order chi connectivity index (χ1) is 20.6. The number of urea groups is 1. The summed E-state index contributed by atoms with van der Waals surface area (Å²) >= 11 is 0. The van der Waals surface area contributed by atoms with Crippen molar-refractivity contribution in [3.8, 4) is 16.9 Å². The van der Waals surface area contributed by atoms with Crippen molar-refractivity contribution in [2.75, 3.05) is 89.0 Å². The summed E-state index contributed by atoms with van der Waals surface area (Å²) < 4.78 is 11.0. The van der Waals surface area contributed by atoms with Gasteiger partial charge in [0, 0.05) is 58.4 Å². The molecule has 0 unspecified atom stereocenters. The van der Waals surface area contributed by atoms with Gasteiger partial charge in [0.15, 0.2) is 0 Å². The number of pyridine rings is 1. The van der Waals surface area contributed by atoms with Gasteiger partial charge in [0.05, 0.1) is 20.3 Å². The van der Waals surface area contributed by atoms with E-state index in [9.17, 15) is 4.79 Å². The zero-order valence-electron chi connectivity index (χ0n) is 25.3. The van der Waals surface area contributed by atoms with Crippen LogP contribution < -0.4 is 19.9 Å². The molecule has 9 nitrogen and oxygen atoms in total. The van der Waals surface area contributed by atoms with Crippen LogP contribution in [0.3, 0.4) is 0 Å². The highest BCUT2D eigenvalue weighted by atomic mass is 16.5. The van der Waals surface area contributed by atoms with E-state index in [-0.39, 0.29) is 6.03 Å². The Morgan fingerprint density at radius 3 is 2.14 bits per heavy atom. The quantitative estimate of drug-likeness (QED) is 0.497. The maximum absolute atomic E-state index is 12.5. The SMILES string of the molecule is COc1ccc(-c2cc(N3CCOCC3)nc(N3CCN(CC[C@H]4CC[C@H](NC(=O)N5CCCC5)CC4)CC3)c2)cc1. The second-order valence-electron chi connectivity index (χ2n) is 12.4. The van der Waals surface area contributed by atoms with Crippen LogP contribution >= 0.6 is 0 Å². The molecule has 0 bridgehead atoms. The molecule has 1 aliphatic carbocycles. The first-order valence-corrected chi connectivity index (χ1v) is 16.2. The number of morpholine rings is 1. The second kappa shape index (κ2) is 14.0. The van der Waals surface area contributed by atoms with E-state index in [1.165, 1.54) is 36.9 Å². The fourth-order valence-electron chi connectivity index (χ4n) is 6.92. The van der Waals surface area contributed by atoms with E-state index in [0.717, 1.165) is 115 Å². The van der Waals surface area contributed by atoms with Crippen LogP contribution in [-0.4, -0.2) is 106 Å². The highest BCUT2D eigenvalue weighted by Gasteiger charge is 2.27. The topological polar surface area (TPSA) is 73.4 Å². The summed E-state index contributed by atoms with van der Waals surface area (Å²) in [4.78, 5) is 27.0. The maximum atomic E-state index is 12.5. The third-order valence-corrected chi connectivity index (χ3v) is 9.67. The van der Waals surface area contributed by atoms with E-state index in [0.29, 0.717) is 6.04 Å². The van der Waals surface area contributed by atoms with Gasteiger partial charge in [-0.25, -0.2) is 9.78 Å². The van der Waals surface area contributed by atoms with Gasteiger partial charge in [-0.05, 0) is 92.8 Å². The van der Waals surface area contributed by atoms with Gasteiger partial charge < -0.3 is 29.5 Å². The number of hydrogen-bond donors (Lipinski definition) is 1. The summed E-state index contributed by atoms with van der Waals surface area (Å²) in [5.41, 5.74) is 2.37. The average Bonchev–Trinajstić information content (AvgIpc) is 3.61. The van der Waals surface area contributed by atoms with Gasteiger partial charge in [0.25, 0.3) is 0 Å². The van der Waals surface area contributed by atoms with Gasteiger partial charge >= 0.3 is 6.03 Å². The smallest absolute Gasteiger partial charge is 0.317 e. The number of ether oxygens (including phenoxy) is 2. The van der Waals surface area contributed by atoms with Gasteiger partial charge in [-0.1, -0.05) is 12.1 Å². The molecule has 1 saturated carbocycles. The number of piperazine rings is 1. The molecule has 9 heteroatoms. The molecule has 0 radical (unpaired) electrons. The normalized spacial score (nSPS) is 23.7. The first-order valence-electron chi connectivity index (χ1n) is 16.2. The summed E-state index contributed by atoms with van der Waals surface area (Å²) in [6.45, 7) is 10.4. The van der Waals surface area contributed by atoms with Crippen LogP contribution in [0.2, 0.25) is 0 Å². The van der Waals surface area contributed by atoms with Gasteiger partial charge in [0.1, 0.15) is 17.4 Å². The fraction of sp³-hybridized carbons (Fsp3) is 0.636. The number of aromatic nitrogens is 1. The van der Waals surface area contributed by atoms with Crippen LogP contribution in [0, 0.1) is 5.92 Å². The number of rotatable bonds is 8. The highest BCUT2D eigenvalue weighted by Crippen LogP contribution is 2.31. The number of likely N-dealkylation sites (tertiary alicyclic amines) is 1. The van der Waals surface area contributed by atoms with E-state index in [2.05, 4.69) is 44.3 Å². The van der Waals surface area contributed by atoms with Crippen molar-refractivity contribution in [3.63, 3.8) is 0 Å². The lowest BCUT2D eigenvalue weighted by Gasteiger charge is -2.37. The number of amides is 2. The van der Waals surface area contributed by atoms with Crippen molar-refractivity contribution >= 4 is 17.7 Å². The predicted octanol–water partition coefficient (Wildman–Crippen LogP) is 4.47. The average molecular weight is 577 g/mol. The molecule has 42 heavy (non-hydrogen) atoms. The predicted molar refractivity (Wildman–Crippen MR) is 168 cm³/mol. The minimum Gasteiger partial charge on any atom is -0.497 e. The van der Waals surface area contributed by atoms with Crippen LogP contribution in [0.4, 0.5) is 16.4 Å². The lowest BCUT2D eigenvalue weighted by atomic mass is 9.84. The Bertz CT molecular complexity index is 1150. The lowest BCUT2D eigenvalue weighted by molar-refractivity contribution is 0.122. The number of carbonyl (C=O) groups is 1. The van der Waals surface area contributed by atoms with E-state index < -0.39 is 0 Å². The Kier molecular flexibility index (Phi) is 9.65. The van der Waals surface area contributed by atoms with Crippen LogP contribution in [0.15, 0.2) is 36.4 Å². The number of anilines is 2. The molecule has 6 rings (SSSR count). The third-order valence-electron chi connectivity index (χ3n) is 9.67. The van der Waals surface area contributed by atoms with Crippen molar-refractivity contribution in [1.82, 2.24) is 20.1 Å². The molecule has 1 aromatic carbocycles. The van der Waals surface area contributed by atoms with Gasteiger partial charge in [-0.15, -0.1) is 0 Å². The highest BCUT2D eigenvalue weighted by molar-refractivity contribution is 5.74. The largest absolute Gasteiger partial charge is 0.497 e. The maximum Gasteiger partial charge on any atom is 0.317 e. The third kappa shape index (κ3) is 7.29. The number of hydrogen-bond acceptors (Lipinski definition) is 7. The molecule has 2 aromatic rings. The summed E-state index contributed by atoms with van der Waals surface area (Å²) in [5, 5.41) is 3.30. The van der Waals surface area contributed by atoms with Gasteiger partial charge in [-0.2, -0.15) is 0 Å². The first kappa shape index (κ1) is 29.1. The molecule has 3 saturated heterocycles. The zero-order chi connectivity index (χ0) is 28.7. The van der Waals surface area contributed by atoms with E-state index in [4.69, 9.17) is 14.5 Å². The molecule has 4 heterocycles. The van der Waals surface area contributed by atoms with E-state index in [1.54, 1.807) is 7.11 Å². The lowest BCUT2D eigenvalue weighted by Crippen LogP contribution is -2.47. The Balaban J connectivity index is 1.01. The van der Waals surface area contributed by atoms with E-state index in [1.807, 2.05) is 17.0 Å². The summed E-state index contributed by atoms with van der Waals surface area (Å²) in [6, 6.07) is 13.3. The number of nitrogens with zero attached hydrogens (tertiary/aromatic N) is 5. The summed E-state index contributed by atoms with van der Waals surface area (Å²) in [7, 11) is 1.71. The monoisotopic (exact) mass is 576 g/mol. The van der Waals surface area contributed by atoms with E-state index >= 15 is 0 Å². The Morgan fingerprint density at radius 1 is 0.857 bits per heavy atom. The van der Waals surface area contributed by atoms with Crippen LogP contribution in [0.1, 0.15) is 44.9 Å². The molecule has 0 atom stereocenters. The molecular weight excluding hydrogens is 528 g/mol.